The van der Waals surface area contributed by atoms with Crippen LogP contribution in [0, 0.1) is 6.92 Å². The second kappa shape index (κ2) is 10.1. The lowest BCUT2D eigenvalue weighted by atomic mass is 10.1. The lowest BCUT2D eigenvalue weighted by Crippen LogP contribution is -2.31. The lowest BCUT2D eigenvalue weighted by Gasteiger charge is -2.15. The van der Waals surface area contributed by atoms with Gasteiger partial charge in [-0.3, -0.25) is 9.69 Å². The van der Waals surface area contributed by atoms with Gasteiger partial charge in [0.15, 0.2) is 5.17 Å². The van der Waals surface area contributed by atoms with E-state index in [1.165, 1.54) is 11.8 Å². The van der Waals surface area contributed by atoms with E-state index in [2.05, 4.69) is 44.0 Å². The zero-order valence-corrected chi connectivity index (χ0v) is 21.2. The molecular weight excluding hydrogens is 552 g/mol. The molecule has 1 N–H and O–H groups in total. The second-order valence-corrected chi connectivity index (χ2v) is 10.1. The largest absolute Gasteiger partial charge is 0.506 e. The Morgan fingerprint density at radius 1 is 1.06 bits per heavy atom. The summed E-state index contributed by atoms with van der Waals surface area (Å²) in [4.78, 5) is 20.3. The molecule has 0 atom stereocenters. The molecule has 0 radical (unpaired) electrons. The number of phenolic OH excluding ortho intramolecular Hbond substituents is 1. The lowest BCUT2D eigenvalue weighted by molar-refractivity contribution is -0.122. The van der Waals surface area contributed by atoms with E-state index in [-0.39, 0.29) is 11.7 Å². The van der Waals surface area contributed by atoms with E-state index in [0.717, 1.165) is 27.7 Å². The van der Waals surface area contributed by atoms with Crippen molar-refractivity contribution < 1.29 is 9.90 Å². The highest BCUT2D eigenvalue weighted by atomic mass is 79.9. The topological polar surface area (TPSA) is 52.9 Å². The molecule has 0 aliphatic carbocycles. The van der Waals surface area contributed by atoms with Crippen LogP contribution in [-0.4, -0.2) is 27.6 Å². The molecule has 4 rings (SSSR count). The third-order valence-corrected chi connectivity index (χ3v) is 7.03. The number of carbonyl (C=O) groups is 1. The Bertz CT molecular complexity index is 1210. The summed E-state index contributed by atoms with van der Waals surface area (Å²) in [5.41, 5.74) is 3.67. The van der Waals surface area contributed by atoms with Gasteiger partial charge in [-0.25, -0.2) is 4.99 Å². The van der Waals surface area contributed by atoms with Crippen LogP contribution in [0.15, 0.2) is 85.6 Å². The summed E-state index contributed by atoms with van der Waals surface area (Å²) in [6, 6.07) is 21.5. The summed E-state index contributed by atoms with van der Waals surface area (Å²) in [6.45, 7) is 2.55. The number of carbonyl (C=O) groups excluding carboxylic acids is 1. The first-order valence-corrected chi connectivity index (χ1v) is 12.4. The fourth-order valence-corrected chi connectivity index (χ4v) is 5.51. The predicted octanol–water partition coefficient (Wildman–Crippen LogP) is 7.07. The number of amides is 1. The average Bonchev–Trinajstić information content (AvgIpc) is 3.06. The second-order valence-electron chi connectivity index (χ2n) is 7.36. The maximum absolute atomic E-state index is 13.3. The first kappa shape index (κ1) is 22.8. The molecule has 1 aliphatic rings. The fourth-order valence-electron chi connectivity index (χ4n) is 3.24. The van der Waals surface area contributed by atoms with Gasteiger partial charge in [0.1, 0.15) is 5.75 Å². The molecule has 162 valence electrons. The number of rotatable bonds is 5. The molecule has 1 saturated heterocycles. The normalized spacial score (nSPS) is 16.3. The van der Waals surface area contributed by atoms with Crippen molar-refractivity contribution in [3.8, 4) is 5.75 Å². The smallest absolute Gasteiger partial charge is 0.266 e. The molecular formula is C25H20Br2N2O2S. The monoisotopic (exact) mass is 570 g/mol. The zero-order valence-electron chi connectivity index (χ0n) is 17.3. The Morgan fingerprint density at radius 3 is 2.50 bits per heavy atom. The number of benzene rings is 3. The number of thioether (sulfide) groups is 1. The van der Waals surface area contributed by atoms with E-state index in [1.807, 2.05) is 49.4 Å². The van der Waals surface area contributed by atoms with Crippen molar-refractivity contribution in [2.75, 3.05) is 6.54 Å². The van der Waals surface area contributed by atoms with Crippen molar-refractivity contribution in [1.82, 2.24) is 4.90 Å². The molecule has 0 aromatic heterocycles. The van der Waals surface area contributed by atoms with Gasteiger partial charge in [0.2, 0.25) is 0 Å². The number of nitrogens with zero attached hydrogens (tertiary/aromatic N) is 2. The van der Waals surface area contributed by atoms with Crippen molar-refractivity contribution in [1.29, 1.82) is 0 Å². The number of phenols is 1. The van der Waals surface area contributed by atoms with Crippen LogP contribution in [0.1, 0.15) is 16.7 Å². The van der Waals surface area contributed by atoms with Gasteiger partial charge in [0.25, 0.3) is 5.91 Å². The van der Waals surface area contributed by atoms with Gasteiger partial charge in [0.05, 0.1) is 15.1 Å². The van der Waals surface area contributed by atoms with E-state index in [4.69, 9.17) is 4.99 Å². The van der Waals surface area contributed by atoms with Gasteiger partial charge in [-0.15, -0.1) is 0 Å². The van der Waals surface area contributed by atoms with Gasteiger partial charge in [-0.1, -0.05) is 64.0 Å². The minimum absolute atomic E-state index is 0.0915. The van der Waals surface area contributed by atoms with Crippen LogP contribution in [0.4, 0.5) is 5.69 Å². The highest BCUT2D eigenvalue weighted by molar-refractivity contribution is 9.11. The van der Waals surface area contributed by atoms with Gasteiger partial charge in [-0.2, -0.15) is 0 Å². The van der Waals surface area contributed by atoms with Crippen LogP contribution >= 0.6 is 43.6 Å². The molecule has 1 amide bonds. The van der Waals surface area contributed by atoms with Crippen LogP contribution in [0.2, 0.25) is 0 Å². The van der Waals surface area contributed by atoms with Crippen LogP contribution in [0.5, 0.6) is 5.75 Å². The molecule has 1 heterocycles. The molecule has 4 nitrogen and oxygen atoms in total. The van der Waals surface area contributed by atoms with E-state index < -0.39 is 0 Å². The van der Waals surface area contributed by atoms with E-state index >= 15 is 0 Å². The number of hydrogen-bond acceptors (Lipinski definition) is 4. The molecule has 32 heavy (non-hydrogen) atoms. The number of aliphatic imine (C=N–C) groups is 1. The van der Waals surface area contributed by atoms with Gasteiger partial charge >= 0.3 is 0 Å². The van der Waals surface area contributed by atoms with Crippen molar-refractivity contribution in [2.45, 2.75) is 13.3 Å². The van der Waals surface area contributed by atoms with Gasteiger partial charge in [-0.05, 0) is 76.9 Å². The Labute approximate surface area is 208 Å². The summed E-state index contributed by atoms with van der Waals surface area (Å²) < 4.78 is 1.36. The van der Waals surface area contributed by atoms with Gasteiger partial charge < -0.3 is 5.11 Å². The average molecular weight is 572 g/mol. The maximum atomic E-state index is 13.3. The van der Waals surface area contributed by atoms with Crippen LogP contribution in [0.3, 0.4) is 0 Å². The molecule has 0 spiro atoms. The number of amidine groups is 1. The number of aryl methyl sites for hydroxylation is 1. The quantitative estimate of drug-likeness (QED) is 0.333. The zero-order chi connectivity index (χ0) is 22.7. The van der Waals surface area contributed by atoms with Crippen molar-refractivity contribution in [3.63, 3.8) is 0 Å². The summed E-state index contributed by atoms with van der Waals surface area (Å²) in [6.07, 6.45) is 2.44. The van der Waals surface area contributed by atoms with Crippen LogP contribution in [-0.2, 0) is 11.2 Å². The third kappa shape index (κ3) is 5.34. The van der Waals surface area contributed by atoms with E-state index in [0.29, 0.717) is 26.7 Å². The minimum Gasteiger partial charge on any atom is -0.506 e. The predicted molar refractivity (Wildman–Crippen MR) is 139 cm³/mol. The van der Waals surface area contributed by atoms with Crippen molar-refractivity contribution in [2.24, 2.45) is 4.99 Å². The van der Waals surface area contributed by atoms with E-state index in [9.17, 15) is 9.90 Å². The highest BCUT2D eigenvalue weighted by Gasteiger charge is 2.33. The van der Waals surface area contributed by atoms with Crippen molar-refractivity contribution in [3.05, 3.63) is 97.3 Å². The minimum atomic E-state index is -0.118. The van der Waals surface area contributed by atoms with Crippen LogP contribution < -0.4 is 0 Å². The molecule has 0 saturated carbocycles. The number of aromatic hydroxyl groups is 1. The molecule has 0 bridgehead atoms. The highest BCUT2D eigenvalue weighted by Crippen LogP contribution is 2.38. The first-order valence-electron chi connectivity index (χ1n) is 9.99. The molecule has 1 fully saturated rings. The van der Waals surface area contributed by atoms with E-state index in [1.54, 1.807) is 23.1 Å². The van der Waals surface area contributed by atoms with Crippen LogP contribution in [0.25, 0.3) is 6.08 Å². The standard InChI is InChI=1S/C25H20Br2N2O2S/c1-16-7-9-20(10-8-16)28-25-29(12-11-17-5-3-2-4-6-17)24(31)22(32-25)14-18-13-19(26)15-21(27)23(18)30/h2-10,13-15,30H,11-12H2,1H3/b22-14+,28-25?. The molecule has 7 heteroatoms. The summed E-state index contributed by atoms with van der Waals surface area (Å²) in [5.74, 6) is -0.0267. The Kier molecular flexibility index (Phi) is 7.18. The fraction of sp³-hybridized carbons (Fsp3) is 0.120. The maximum Gasteiger partial charge on any atom is 0.266 e. The Morgan fingerprint density at radius 2 is 1.78 bits per heavy atom. The summed E-state index contributed by atoms with van der Waals surface area (Å²) in [7, 11) is 0. The van der Waals surface area contributed by atoms with Gasteiger partial charge in [0, 0.05) is 16.6 Å². The molecule has 3 aromatic carbocycles. The summed E-state index contributed by atoms with van der Waals surface area (Å²) >= 11 is 8.11. The Balaban J connectivity index is 1.68. The number of hydrogen-bond donors (Lipinski definition) is 1. The number of halogens is 2. The molecule has 1 aliphatic heterocycles. The molecule has 3 aromatic rings. The SMILES string of the molecule is Cc1ccc(N=C2S/C(=C/c3cc(Br)cc(Br)c3O)C(=O)N2CCc2ccccc2)cc1. The third-order valence-electron chi connectivity index (χ3n) is 4.96. The van der Waals surface area contributed by atoms with Crippen molar-refractivity contribution >= 4 is 66.5 Å². The first-order chi connectivity index (χ1) is 15.4. The Hall–Kier alpha value is -2.35. The summed E-state index contributed by atoms with van der Waals surface area (Å²) in [5, 5.41) is 11.1. The molecule has 0 unspecified atom stereocenters.